The number of hydrogen-bond acceptors (Lipinski definition) is 6. The fourth-order valence-corrected chi connectivity index (χ4v) is 11.2. The van der Waals surface area contributed by atoms with Crippen LogP contribution < -0.4 is 0 Å². The third-order valence-corrected chi connectivity index (χ3v) is 13.7. The number of rotatable bonds is 3. The molecular weight excluding hydrogens is 520 g/mol. The van der Waals surface area contributed by atoms with Gasteiger partial charge in [0.15, 0.2) is 0 Å². The largest absolute Gasteiger partial charge is 0.481 e. The van der Waals surface area contributed by atoms with E-state index in [1.165, 1.54) is 5.57 Å². The minimum atomic E-state index is -1.15. The Morgan fingerprint density at radius 1 is 1.02 bits per heavy atom. The van der Waals surface area contributed by atoms with Gasteiger partial charge >= 0.3 is 17.9 Å². The van der Waals surface area contributed by atoms with Gasteiger partial charge in [-0.15, -0.1) is 0 Å². The van der Waals surface area contributed by atoms with E-state index in [2.05, 4.69) is 41.5 Å². The van der Waals surface area contributed by atoms with Crippen LogP contribution in [0.3, 0.4) is 0 Å². The molecule has 9 atom stereocenters. The molecule has 0 aromatic heterocycles. The van der Waals surface area contributed by atoms with Crippen molar-refractivity contribution in [2.45, 2.75) is 131 Å². The number of carboxylic acid groups (broad SMARTS) is 1. The van der Waals surface area contributed by atoms with Crippen LogP contribution in [0.15, 0.2) is 22.3 Å². The highest BCUT2D eigenvalue weighted by molar-refractivity contribution is 5.92. The summed E-state index contributed by atoms with van der Waals surface area (Å²) in [7, 11) is 0. The van der Waals surface area contributed by atoms with Crippen molar-refractivity contribution in [2.24, 2.45) is 39.4 Å². The summed E-state index contributed by atoms with van der Waals surface area (Å²) in [6.45, 7) is 18.0. The Labute approximate surface area is 244 Å². The smallest absolute Gasteiger partial charge is 0.336 e. The number of carboxylic acids is 1. The number of aliphatic carboxylic acids is 1. The third-order valence-electron chi connectivity index (χ3n) is 13.7. The van der Waals surface area contributed by atoms with Crippen molar-refractivity contribution in [3.05, 3.63) is 22.3 Å². The molecule has 1 N–H and O–H groups in total. The zero-order chi connectivity index (χ0) is 29.9. The molecule has 0 amide bonds. The van der Waals surface area contributed by atoms with Crippen LogP contribution in [0.1, 0.15) is 113 Å². The first-order valence-corrected chi connectivity index (χ1v) is 15.7. The molecule has 1 spiro atoms. The molecule has 41 heavy (non-hydrogen) atoms. The molecule has 7 heteroatoms. The number of allylic oxidation sites excluding steroid dienone is 1. The van der Waals surface area contributed by atoms with Crippen LogP contribution in [-0.2, 0) is 28.6 Å². The SMILES string of the molecule is CC1=C(C)[C@]2(C[C@@H](C)[C@H]3CC[C@@]4(C)C5=C(C[C@@H](O2)[C@]34C)[C@@]2(C)CC[C@@H](OC(=O)CC(=O)O)C(C)(C)[C@H]2CC5)OC1=O. The second kappa shape index (κ2) is 8.93. The van der Waals surface area contributed by atoms with Crippen LogP contribution in [0.4, 0.5) is 0 Å². The van der Waals surface area contributed by atoms with Gasteiger partial charge in [-0.1, -0.05) is 52.7 Å². The van der Waals surface area contributed by atoms with Gasteiger partial charge in [0.25, 0.3) is 0 Å². The summed E-state index contributed by atoms with van der Waals surface area (Å²) >= 11 is 0. The highest BCUT2D eigenvalue weighted by atomic mass is 16.7. The molecule has 0 unspecified atom stereocenters. The van der Waals surface area contributed by atoms with Gasteiger partial charge in [-0.25, -0.2) is 4.79 Å². The zero-order valence-electron chi connectivity index (χ0n) is 26.1. The summed E-state index contributed by atoms with van der Waals surface area (Å²) in [6.07, 6.45) is 6.55. The van der Waals surface area contributed by atoms with Crippen molar-refractivity contribution in [2.75, 3.05) is 0 Å². The Bertz CT molecular complexity index is 1280. The molecule has 2 saturated carbocycles. The summed E-state index contributed by atoms with van der Waals surface area (Å²) in [6, 6.07) is 0. The molecule has 4 aliphatic carbocycles. The Hall–Kier alpha value is -2.15. The summed E-state index contributed by atoms with van der Waals surface area (Å²) in [5.41, 5.74) is 4.34. The quantitative estimate of drug-likeness (QED) is 0.228. The van der Waals surface area contributed by atoms with Gasteiger partial charge in [-0.3, -0.25) is 9.59 Å². The van der Waals surface area contributed by atoms with Gasteiger partial charge < -0.3 is 19.3 Å². The van der Waals surface area contributed by atoms with Gasteiger partial charge in [-0.2, -0.15) is 0 Å². The van der Waals surface area contributed by atoms with Crippen molar-refractivity contribution in [1.82, 2.24) is 0 Å². The van der Waals surface area contributed by atoms with E-state index in [0.29, 0.717) is 36.2 Å². The van der Waals surface area contributed by atoms with Crippen LogP contribution >= 0.6 is 0 Å². The Morgan fingerprint density at radius 2 is 1.73 bits per heavy atom. The lowest BCUT2D eigenvalue weighted by molar-refractivity contribution is -0.243. The lowest BCUT2D eigenvalue weighted by Gasteiger charge is -2.63. The Balaban J connectivity index is 1.40. The fraction of sp³-hybridized carbons (Fsp3) is 0.794. The maximum absolute atomic E-state index is 12.8. The molecule has 226 valence electrons. The average Bonchev–Trinajstić information content (AvgIpc) is 3.23. The molecule has 6 rings (SSSR count). The number of fused-ring (bicyclic) bond motifs is 3. The number of hydrogen-bond donors (Lipinski definition) is 1. The first kappa shape index (κ1) is 28.9. The van der Waals surface area contributed by atoms with Gasteiger partial charge in [-0.05, 0) is 87.4 Å². The summed E-state index contributed by atoms with van der Waals surface area (Å²) in [4.78, 5) is 36.3. The highest BCUT2D eigenvalue weighted by Gasteiger charge is 2.70. The predicted molar refractivity (Wildman–Crippen MR) is 152 cm³/mol. The summed E-state index contributed by atoms with van der Waals surface area (Å²) in [5.74, 6) is -1.90. The Kier molecular flexibility index (Phi) is 6.31. The minimum Gasteiger partial charge on any atom is -0.481 e. The summed E-state index contributed by atoms with van der Waals surface area (Å²) in [5, 5.41) is 9.10. The lowest BCUT2D eigenvalue weighted by Crippen LogP contribution is -2.59. The van der Waals surface area contributed by atoms with E-state index in [4.69, 9.17) is 19.3 Å². The van der Waals surface area contributed by atoms with Crippen molar-refractivity contribution in [3.8, 4) is 0 Å². The lowest BCUT2D eigenvalue weighted by atomic mass is 9.42. The molecule has 7 nitrogen and oxygen atoms in total. The van der Waals surface area contributed by atoms with E-state index in [1.807, 2.05) is 13.8 Å². The first-order valence-electron chi connectivity index (χ1n) is 15.7. The fourth-order valence-electron chi connectivity index (χ4n) is 11.2. The summed E-state index contributed by atoms with van der Waals surface area (Å²) < 4.78 is 19.2. The average molecular weight is 569 g/mol. The van der Waals surface area contributed by atoms with Crippen LogP contribution in [0, 0.1) is 39.4 Å². The minimum absolute atomic E-state index is 0.00785. The van der Waals surface area contributed by atoms with Gasteiger partial charge in [0.1, 0.15) is 12.5 Å². The van der Waals surface area contributed by atoms with E-state index in [1.54, 1.807) is 5.57 Å². The van der Waals surface area contributed by atoms with Crippen LogP contribution in [-0.4, -0.2) is 41.0 Å². The molecule has 2 aliphatic heterocycles. The van der Waals surface area contributed by atoms with Crippen molar-refractivity contribution in [3.63, 3.8) is 0 Å². The van der Waals surface area contributed by atoms with Crippen LogP contribution in [0.25, 0.3) is 0 Å². The maximum Gasteiger partial charge on any atom is 0.336 e. The normalized spacial score (nSPS) is 46.4. The van der Waals surface area contributed by atoms with Crippen molar-refractivity contribution >= 4 is 17.9 Å². The second-order valence-electron chi connectivity index (χ2n) is 15.5. The van der Waals surface area contributed by atoms with E-state index in [0.717, 1.165) is 44.1 Å². The van der Waals surface area contributed by atoms with Gasteiger partial charge in [0, 0.05) is 28.4 Å². The van der Waals surface area contributed by atoms with Crippen LogP contribution in [0.2, 0.25) is 0 Å². The first-order chi connectivity index (χ1) is 19.0. The molecule has 6 aliphatic rings. The molecule has 0 radical (unpaired) electrons. The molecule has 0 bridgehead atoms. The number of carbonyl (C=O) groups excluding carboxylic acids is 2. The zero-order valence-corrected chi connectivity index (χ0v) is 26.1. The standard InChI is InChI=1S/C34H48O7/c1-18-17-34(20(3)19(2)29(38)41-34)40-26-15-23-22(32(7)14-11-21(18)33(26,32)8)9-10-24-30(4,5)25(12-13-31(23,24)6)39-28(37)16-27(35)36/h18,21,24-26H,9-17H2,1-8H3,(H,35,36)/t18-,21-,24-,25-,26-,31-,32+,33+,34+/m1/s1. The number of carbonyl (C=O) groups is 3. The van der Waals surface area contributed by atoms with Gasteiger partial charge in [0.05, 0.1) is 6.10 Å². The number of ether oxygens (including phenoxy) is 3. The molecule has 1 saturated heterocycles. The van der Waals surface area contributed by atoms with Crippen molar-refractivity contribution in [1.29, 1.82) is 0 Å². The highest BCUT2D eigenvalue weighted by Crippen LogP contribution is 2.74. The topological polar surface area (TPSA) is 99.1 Å². The van der Waals surface area contributed by atoms with E-state index >= 15 is 0 Å². The molecular formula is C34H48O7. The maximum atomic E-state index is 12.8. The van der Waals surface area contributed by atoms with Gasteiger partial charge in [0.2, 0.25) is 5.79 Å². The van der Waals surface area contributed by atoms with E-state index in [-0.39, 0.29) is 39.8 Å². The Morgan fingerprint density at radius 3 is 2.37 bits per heavy atom. The predicted octanol–water partition coefficient (Wildman–Crippen LogP) is 6.75. The molecule has 0 aromatic rings. The second-order valence-corrected chi connectivity index (χ2v) is 15.5. The molecule has 2 heterocycles. The monoisotopic (exact) mass is 568 g/mol. The third kappa shape index (κ3) is 3.69. The van der Waals surface area contributed by atoms with E-state index < -0.39 is 24.1 Å². The molecule has 3 fully saturated rings. The van der Waals surface area contributed by atoms with E-state index in [9.17, 15) is 14.4 Å². The van der Waals surface area contributed by atoms with Crippen LogP contribution in [0.5, 0.6) is 0 Å². The number of esters is 2. The molecule has 0 aromatic carbocycles. The van der Waals surface area contributed by atoms with Crippen molar-refractivity contribution < 1.29 is 33.7 Å².